The average Bonchev–Trinajstić information content (AvgIpc) is 2.72. The Kier molecular flexibility index (Phi) is 4.78. The molecular weight excluding hydrogens is 240 g/mol. The molecule has 0 saturated heterocycles. The fraction of sp³-hybridized carbons (Fsp3) is 0.600. The van der Waals surface area contributed by atoms with Gasteiger partial charge in [0, 0.05) is 21.2 Å². The normalized spacial score (nSPS) is 10.2. The van der Waals surface area contributed by atoms with Crippen LogP contribution in [0.2, 0.25) is 0 Å². The molecule has 0 aliphatic carbocycles. The van der Waals surface area contributed by atoms with Crippen molar-refractivity contribution in [3.8, 4) is 0 Å². The largest absolute Gasteiger partial charge is 0.464 e. The van der Waals surface area contributed by atoms with Crippen LogP contribution in [0.5, 0.6) is 0 Å². The van der Waals surface area contributed by atoms with Gasteiger partial charge in [0.15, 0.2) is 5.69 Å². The highest BCUT2D eigenvalue weighted by atomic mass is 16.5. The predicted octanol–water partition coefficient (Wildman–Crippen LogP) is -0.701. The molecule has 0 unspecified atom stereocenters. The van der Waals surface area contributed by atoms with E-state index in [0.29, 0.717) is 5.69 Å². The van der Waals surface area contributed by atoms with Crippen molar-refractivity contribution in [2.75, 3.05) is 28.3 Å². The van der Waals surface area contributed by atoms with Gasteiger partial charge in [-0.25, -0.2) is 9.48 Å². The summed E-state index contributed by atoms with van der Waals surface area (Å²) in [4.78, 5) is 24.5. The predicted molar refractivity (Wildman–Crippen MR) is 60.8 cm³/mol. The highest BCUT2D eigenvalue weighted by molar-refractivity contribution is 5.88. The van der Waals surface area contributed by atoms with Crippen LogP contribution in [0, 0.1) is 0 Å². The molecule has 0 N–H and O–H groups in total. The Labute approximate surface area is 104 Å². The molecule has 1 aromatic heterocycles. The Bertz CT molecular complexity index is 441. The summed E-state index contributed by atoms with van der Waals surface area (Å²) >= 11 is 0. The lowest BCUT2D eigenvalue weighted by molar-refractivity contribution is -0.129. The van der Waals surface area contributed by atoms with E-state index in [9.17, 15) is 9.59 Å². The summed E-state index contributed by atoms with van der Waals surface area (Å²) in [5.74, 6) is -0.765. The van der Waals surface area contributed by atoms with Crippen molar-refractivity contribution < 1.29 is 19.1 Å². The maximum atomic E-state index is 11.6. The van der Waals surface area contributed by atoms with Crippen LogP contribution in [-0.2, 0) is 27.4 Å². The summed E-state index contributed by atoms with van der Waals surface area (Å²) in [6, 6.07) is 0. The lowest BCUT2D eigenvalue weighted by Gasteiger charge is -2.11. The highest BCUT2D eigenvalue weighted by Crippen LogP contribution is 2.08. The van der Waals surface area contributed by atoms with E-state index in [4.69, 9.17) is 4.74 Å². The molecule has 1 aromatic rings. The van der Waals surface area contributed by atoms with Crippen LogP contribution in [-0.4, -0.2) is 60.1 Å². The standard InChI is InChI=1S/C10H16N4O4/c1-13(2)8(15)5-14-7(6-17-3)9(11-12-14)10(16)18-4/h5-6H2,1-4H3. The van der Waals surface area contributed by atoms with Gasteiger partial charge in [-0.3, -0.25) is 4.79 Å². The third-order valence-corrected chi connectivity index (χ3v) is 2.28. The molecule has 0 fully saturated rings. The van der Waals surface area contributed by atoms with Gasteiger partial charge >= 0.3 is 5.97 Å². The zero-order chi connectivity index (χ0) is 13.7. The van der Waals surface area contributed by atoms with E-state index in [0.717, 1.165) is 0 Å². The number of carbonyl (C=O) groups excluding carboxylic acids is 2. The monoisotopic (exact) mass is 256 g/mol. The number of carbonyl (C=O) groups is 2. The van der Waals surface area contributed by atoms with Crippen LogP contribution in [0.4, 0.5) is 0 Å². The van der Waals surface area contributed by atoms with Crippen molar-refractivity contribution in [2.24, 2.45) is 0 Å². The van der Waals surface area contributed by atoms with E-state index in [1.807, 2.05) is 0 Å². The van der Waals surface area contributed by atoms with Gasteiger partial charge in [0.25, 0.3) is 0 Å². The quantitative estimate of drug-likeness (QED) is 0.647. The minimum atomic E-state index is -0.606. The average molecular weight is 256 g/mol. The molecule has 0 bridgehead atoms. The van der Waals surface area contributed by atoms with Gasteiger partial charge in [-0.05, 0) is 0 Å². The molecule has 100 valence electrons. The number of aromatic nitrogens is 3. The third-order valence-electron chi connectivity index (χ3n) is 2.28. The first-order valence-electron chi connectivity index (χ1n) is 5.21. The van der Waals surface area contributed by atoms with Crippen molar-refractivity contribution in [1.29, 1.82) is 0 Å². The zero-order valence-electron chi connectivity index (χ0n) is 10.8. The number of likely N-dealkylation sites (N-methyl/N-ethyl adjacent to an activating group) is 1. The van der Waals surface area contributed by atoms with Crippen molar-refractivity contribution >= 4 is 11.9 Å². The van der Waals surface area contributed by atoms with Crippen LogP contribution in [0.15, 0.2) is 0 Å². The molecule has 1 rings (SSSR count). The second-order valence-corrected chi connectivity index (χ2v) is 3.76. The Balaban J connectivity index is 3.01. The van der Waals surface area contributed by atoms with Gasteiger partial charge in [0.05, 0.1) is 19.4 Å². The molecule has 0 spiro atoms. The Morgan fingerprint density at radius 1 is 1.33 bits per heavy atom. The fourth-order valence-corrected chi connectivity index (χ4v) is 1.26. The molecule has 0 atom stereocenters. The number of amides is 1. The molecule has 0 radical (unpaired) electrons. The fourth-order valence-electron chi connectivity index (χ4n) is 1.26. The molecular formula is C10H16N4O4. The van der Waals surface area contributed by atoms with Gasteiger partial charge in [-0.2, -0.15) is 0 Å². The third kappa shape index (κ3) is 3.04. The molecule has 8 nitrogen and oxygen atoms in total. The number of hydrogen-bond acceptors (Lipinski definition) is 6. The van der Waals surface area contributed by atoms with Crippen molar-refractivity contribution in [2.45, 2.75) is 13.2 Å². The summed E-state index contributed by atoms with van der Waals surface area (Å²) in [6.07, 6.45) is 0. The van der Waals surface area contributed by atoms with E-state index in [1.165, 1.54) is 23.8 Å². The van der Waals surface area contributed by atoms with Crippen molar-refractivity contribution in [1.82, 2.24) is 19.9 Å². The Morgan fingerprint density at radius 2 is 2.00 bits per heavy atom. The second kappa shape index (κ2) is 6.10. The smallest absolute Gasteiger partial charge is 0.360 e. The molecule has 1 heterocycles. The molecule has 0 aromatic carbocycles. The molecule has 0 aliphatic heterocycles. The Morgan fingerprint density at radius 3 is 2.50 bits per heavy atom. The first-order valence-corrected chi connectivity index (χ1v) is 5.21. The number of ether oxygens (including phenoxy) is 2. The zero-order valence-corrected chi connectivity index (χ0v) is 10.8. The topological polar surface area (TPSA) is 86.5 Å². The summed E-state index contributed by atoms with van der Waals surface area (Å²) in [7, 11) is 6.00. The van der Waals surface area contributed by atoms with E-state index in [2.05, 4.69) is 15.0 Å². The maximum Gasteiger partial charge on any atom is 0.360 e. The van der Waals surface area contributed by atoms with Crippen LogP contribution < -0.4 is 0 Å². The molecule has 18 heavy (non-hydrogen) atoms. The minimum Gasteiger partial charge on any atom is -0.464 e. The summed E-state index contributed by atoms with van der Waals surface area (Å²) in [6.45, 7) is 0.119. The Hall–Kier alpha value is -1.96. The van der Waals surface area contributed by atoms with Crippen LogP contribution in [0.1, 0.15) is 16.2 Å². The molecule has 1 amide bonds. The maximum absolute atomic E-state index is 11.6. The molecule has 0 aliphatic rings. The summed E-state index contributed by atoms with van der Waals surface area (Å²) in [5.41, 5.74) is 0.477. The van der Waals surface area contributed by atoms with Crippen LogP contribution in [0.25, 0.3) is 0 Å². The molecule has 8 heteroatoms. The first-order chi connectivity index (χ1) is 8.51. The number of hydrogen-bond donors (Lipinski definition) is 0. The van der Waals surface area contributed by atoms with Crippen molar-refractivity contribution in [3.05, 3.63) is 11.4 Å². The molecule has 0 saturated carbocycles. The number of rotatable bonds is 5. The van der Waals surface area contributed by atoms with Crippen molar-refractivity contribution in [3.63, 3.8) is 0 Å². The lowest BCUT2D eigenvalue weighted by atomic mass is 10.3. The number of esters is 1. The first kappa shape index (κ1) is 14.1. The van der Waals surface area contributed by atoms with Gasteiger partial charge in [0.1, 0.15) is 6.54 Å². The van der Waals surface area contributed by atoms with Crippen LogP contribution >= 0.6 is 0 Å². The van der Waals surface area contributed by atoms with E-state index in [-0.39, 0.29) is 24.8 Å². The highest BCUT2D eigenvalue weighted by Gasteiger charge is 2.21. The summed E-state index contributed by atoms with van der Waals surface area (Å²) in [5, 5.41) is 7.47. The van der Waals surface area contributed by atoms with E-state index < -0.39 is 5.97 Å². The SMILES string of the molecule is COCc1c(C(=O)OC)nnn1CC(=O)N(C)C. The van der Waals surface area contributed by atoms with E-state index >= 15 is 0 Å². The number of nitrogens with zero attached hydrogens (tertiary/aromatic N) is 4. The van der Waals surface area contributed by atoms with Gasteiger partial charge in [-0.1, -0.05) is 5.21 Å². The minimum absolute atomic E-state index is 0.00428. The van der Waals surface area contributed by atoms with Crippen LogP contribution in [0.3, 0.4) is 0 Å². The van der Waals surface area contributed by atoms with Gasteiger partial charge in [-0.15, -0.1) is 5.10 Å². The van der Waals surface area contributed by atoms with Gasteiger partial charge in [0.2, 0.25) is 5.91 Å². The summed E-state index contributed by atoms with van der Waals surface area (Å²) < 4.78 is 10.9. The van der Waals surface area contributed by atoms with E-state index in [1.54, 1.807) is 14.1 Å². The van der Waals surface area contributed by atoms with Gasteiger partial charge < -0.3 is 14.4 Å². The number of methoxy groups -OCH3 is 2. The lowest BCUT2D eigenvalue weighted by Crippen LogP contribution is -2.27. The second-order valence-electron chi connectivity index (χ2n) is 3.76.